The molecule has 1 heterocycles. The summed E-state index contributed by atoms with van der Waals surface area (Å²) < 4.78 is 10.3. The Hall–Kier alpha value is -2.25. The summed E-state index contributed by atoms with van der Waals surface area (Å²) in [5.41, 5.74) is 1.44. The number of carbonyl (C=O) groups excluding carboxylic acids is 3. The van der Waals surface area contributed by atoms with Crippen molar-refractivity contribution >= 4 is 40.5 Å². The molecule has 8 heteroatoms. The summed E-state index contributed by atoms with van der Waals surface area (Å²) in [6.07, 6.45) is 0.169. The van der Waals surface area contributed by atoms with Crippen LogP contribution < -0.4 is 4.74 Å². The fourth-order valence-corrected chi connectivity index (χ4v) is 3.72. The zero-order valence-corrected chi connectivity index (χ0v) is 17.1. The maximum atomic E-state index is 12.7. The number of thiazole rings is 1. The zero-order chi connectivity index (χ0) is 20.1. The molecule has 144 valence electrons. The van der Waals surface area contributed by atoms with Gasteiger partial charge in [0.1, 0.15) is 21.4 Å². The maximum Gasteiger partial charge on any atom is 0.350 e. The molecule has 0 bridgehead atoms. The highest BCUT2D eigenvalue weighted by Crippen LogP contribution is 2.29. The van der Waals surface area contributed by atoms with Crippen molar-refractivity contribution in [1.82, 2.24) is 4.98 Å². The SMILES string of the molecule is CCOC(=O)c1sc(CC(=O)c2cc(Cl)c(CC(C)=O)cc2OC)nc1C. The highest BCUT2D eigenvalue weighted by Gasteiger charge is 2.21. The topological polar surface area (TPSA) is 82.6 Å². The predicted molar refractivity (Wildman–Crippen MR) is 103 cm³/mol. The minimum atomic E-state index is -0.444. The molecule has 0 aliphatic heterocycles. The van der Waals surface area contributed by atoms with Crippen LogP contribution in [0.5, 0.6) is 5.75 Å². The van der Waals surface area contributed by atoms with Gasteiger partial charge in [0, 0.05) is 11.4 Å². The maximum absolute atomic E-state index is 12.7. The van der Waals surface area contributed by atoms with Crippen LogP contribution in [0.1, 0.15) is 50.1 Å². The summed E-state index contributed by atoms with van der Waals surface area (Å²) in [5, 5.41) is 0.837. The minimum Gasteiger partial charge on any atom is -0.496 e. The van der Waals surface area contributed by atoms with Crippen LogP contribution in [0.3, 0.4) is 0 Å². The molecule has 0 fully saturated rings. The second-order valence-corrected chi connectivity index (χ2v) is 7.36. The monoisotopic (exact) mass is 409 g/mol. The highest BCUT2D eigenvalue weighted by atomic mass is 35.5. The molecule has 0 spiro atoms. The van der Waals surface area contributed by atoms with Gasteiger partial charge >= 0.3 is 5.97 Å². The van der Waals surface area contributed by atoms with Gasteiger partial charge in [-0.15, -0.1) is 11.3 Å². The molecule has 0 unspecified atom stereocenters. The van der Waals surface area contributed by atoms with E-state index in [2.05, 4.69) is 4.98 Å². The van der Waals surface area contributed by atoms with Gasteiger partial charge in [0.05, 0.1) is 31.4 Å². The second-order valence-electron chi connectivity index (χ2n) is 5.87. The molecule has 2 rings (SSSR count). The summed E-state index contributed by atoms with van der Waals surface area (Å²) in [7, 11) is 1.45. The largest absolute Gasteiger partial charge is 0.496 e. The Balaban J connectivity index is 2.28. The van der Waals surface area contributed by atoms with Gasteiger partial charge in [-0.2, -0.15) is 0 Å². The molecule has 0 N–H and O–H groups in total. The summed E-state index contributed by atoms with van der Waals surface area (Å²) >= 11 is 7.36. The third-order valence-corrected chi connectivity index (χ3v) is 5.21. The van der Waals surface area contributed by atoms with E-state index in [1.54, 1.807) is 19.9 Å². The molecule has 0 aliphatic rings. The third-order valence-electron chi connectivity index (χ3n) is 3.72. The molecule has 0 radical (unpaired) electrons. The van der Waals surface area contributed by atoms with E-state index in [1.807, 2.05) is 0 Å². The Kier molecular flexibility index (Phi) is 7.10. The number of aryl methyl sites for hydroxylation is 1. The van der Waals surface area contributed by atoms with E-state index in [0.717, 1.165) is 11.3 Å². The number of Topliss-reactive ketones (excluding diaryl/α,β-unsaturated/α-hetero) is 2. The molecular formula is C19H20ClNO5S. The van der Waals surface area contributed by atoms with E-state index >= 15 is 0 Å². The number of hydrogen-bond acceptors (Lipinski definition) is 7. The van der Waals surface area contributed by atoms with Gasteiger partial charge < -0.3 is 9.47 Å². The van der Waals surface area contributed by atoms with Crippen LogP contribution in [0.25, 0.3) is 0 Å². The number of esters is 1. The van der Waals surface area contributed by atoms with Crippen molar-refractivity contribution in [3.8, 4) is 5.75 Å². The number of aromatic nitrogens is 1. The number of ether oxygens (including phenoxy) is 2. The molecule has 0 saturated heterocycles. The number of methoxy groups -OCH3 is 1. The fourth-order valence-electron chi connectivity index (χ4n) is 2.53. The third kappa shape index (κ3) is 5.14. The molecular weight excluding hydrogens is 390 g/mol. The number of rotatable bonds is 8. The van der Waals surface area contributed by atoms with Crippen LogP contribution >= 0.6 is 22.9 Å². The van der Waals surface area contributed by atoms with E-state index < -0.39 is 5.97 Å². The number of ketones is 2. The molecule has 0 aliphatic carbocycles. The Morgan fingerprint density at radius 2 is 1.93 bits per heavy atom. The molecule has 0 atom stereocenters. The molecule has 0 saturated carbocycles. The van der Waals surface area contributed by atoms with Crippen molar-refractivity contribution in [2.24, 2.45) is 0 Å². The first-order valence-corrected chi connectivity index (χ1v) is 9.48. The van der Waals surface area contributed by atoms with Gasteiger partial charge in [-0.25, -0.2) is 9.78 Å². The molecule has 1 aromatic heterocycles. The Labute approximate surface area is 166 Å². The van der Waals surface area contributed by atoms with E-state index in [-0.39, 0.29) is 31.0 Å². The zero-order valence-electron chi connectivity index (χ0n) is 15.6. The van der Waals surface area contributed by atoms with Crippen molar-refractivity contribution in [1.29, 1.82) is 0 Å². The summed E-state index contributed by atoms with van der Waals surface area (Å²) in [4.78, 5) is 40.7. The first kappa shape index (κ1) is 21.1. The van der Waals surface area contributed by atoms with Gasteiger partial charge in [-0.05, 0) is 38.5 Å². The number of halogens is 1. The molecule has 2 aromatic rings. The van der Waals surface area contributed by atoms with Crippen LogP contribution in [0.15, 0.2) is 12.1 Å². The van der Waals surface area contributed by atoms with Crippen molar-refractivity contribution < 1.29 is 23.9 Å². The highest BCUT2D eigenvalue weighted by molar-refractivity contribution is 7.13. The van der Waals surface area contributed by atoms with Gasteiger partial charge in [-0.3, -0.25) is 9.59 Å². The van der Waals surface area contributed by atoms with Crippen LogP contribution in [0.4, 0.5) is 0 Å². The quantitative estimate of drug-likeness (QED) is 0.486. The average molecular weight is 410 g/mol. The second kappa shape index (κ2) is 9.10. The Morgan fingerprint density at radius 3 is 2.52 bits per heavy atom. The lowest BCUT2D eigenvalue weighted by Gasteiger charge is -2.11. The van der Waals surface area contributed by atoms with Gasteiger partial charge in [0.2, 0.25) is 0 Å². The average Bonchev–Trinajstić information content (AvgIpc) is 2.96. The van der Waals surface area contributed by atoms with E-state index in [4.69, 9.17) is 21.1 Å². The Bertz CT molecular complexity index is 890. The molecule has 0 amide bonds. The lowest BCUT2D eigenvalue weighted by molar-refractivity contribution is -0.116. The molecule has 1 aromatic carbocycles. The normalized spacial score (nSPS) is 10.6. The number of carbonyl (C=O) groups is 3. The van der Waals surface area contributed by atoms with E-state index in [1.165, 1.54) is 20.1 Å². The van der Waals surface area contributed by atoms with Crippen molar-refractivity contribution in [2.75, 3.05) is 13.7 Å². The Morgan fingerprint density at radius 1 is 1.22 bits per heavy atom. The van der Waals surface area contributed by atoms with E-state index in [9.17, 15) is 14.4 Å². The molecule has 6 nitrogen and oxygen atoms in total. The smallest absolute Gasteiger partial charge is 0.350 e. The van der Waals surface area contributed by atoms with Crippen LogP contribution in [0.2, 0.25) is 5.02 Å². The first-order chi connectivity index (χ1) is 12.8. The summed E-state index contributed by atoms with van der Waals surface area (Å²) in [6.45, 7) is 5.16. The van der Waals surface area contributed by atoms with Crippen LogP contribution in [0, 0.1) is 6.92 Å². The lowest BCUT2D eigenvalue weighted by Crippen LogP contribution is -2.07. The summed E-state index contributed by atoms with van der Waals surface area (Å²) in [5.74, 6) is -0.380. The summed E-state index contributed by atoms with van der Waals surface area (Å²) in [6, 6.07) is 3.11. The number of hydrogen-bond donors (Lipinski definition) is 0. The standard InChI is InChI=1S/C19H20ClNO5S/c1-5-26-19(24)18-11(3)21-17(27-18)9-15(23)13-8-14(20)12(6-10(2)22)7-16(13)25-4/h7-8H,5-6,9H2,1-4H3. The lowest BCUT2D eigenvalue weighted by atomic mass is 10.0. The van der Waals surface area contributed by atoms with Gasteiger partial charge in [0.15, 0.2) is 5.78 Å². The predicted octanol–water partition coefficient (Wildman–Crippen LogP) is 3.85. The minimum absolute atomic E-state index is 0.00363. The van der Waals surface area contributed by atoms with Crippen LogP contribution in [-0.2, 0) is 22.4 Å². The van der Waals surface area contributed by atoms with Crippen molar-refractivity contribution in [2.45, 2.75) is 33.6 Å². The van der Waals surface area contributed by atoms with E-state index in [0.29, 0.717) is 37.5 Å². The van der Waals surface area contributed by atoms with Gasteiger partial charge in [0.25, 0.3) is 0 Å². The van der Waals surface area contributed by atoms with Crippen molar-refractivity contribution in [3.05, 3.63) is 43.9 Å². The number of benzene rings is 1. The number of nitrogens with zero attached hydrogens (tertiary/aromatic N) is 1. The molecule has 27 heavy (non-hydrogen) atoms. The van der Waals surface area contributed by atoms with Crippen molar-refractivity contribution in [3.63, 3.8) is 0 Å². The van der Waals surface area contributed by atoms with Crippen LogP contribution in [-0.4, -0.2) is 36.2 Å². The first-order valence-electron chi connectivity index (χ1n) is 8.29. The van der Waals surface area contributed by atoms with Gasteiger partial charge in [-0.1, -0.05) is 11.6 Å². The fraction of sp³-hybridized carbons (Fsp3) is 0.368.